The van der Waals surface area contributed by atoms with Gasteiger partial charge in [0, 0.05) is 37.6 Å². The highest BCUT2D eigenvalue weighted by atomic mass is 35.5. The van der Waals surface area contributed by atoms with Crippen LogP contribution in [-0.4, -0.2) is 51.5 Å². The molecule has 7 heteroatoms. The second-order valence-corrected chi connectivity index (χ2v) is 9.81. The maximum absolute atomic E-state index is 6.50. The monoisotopic (exact) mass is 436 g/mol. The number of likely N-dealkylation sites (tertiary alicyclic amines) is 1. The van der Waals surface area contributed by atoms with Crippen LogP contribution in [0.1, 0.15) is 55.6 Å². The molecule has 3 aromatic rings. The van der Waals surface area contributed by atoms with Crippen molar-refractivity contribution in [3.05, 3.63) is 59.1 Å². The fourth-order valence-electron chi connectivity index (χ4n) is 5.53. The lowest BCUT2D eigenvalue weighted by molar-refractivity contribution is 0.110. The molecule has 6 nitrogen and oxygen atoms in total. The first-order chi connectivity index (χ1) is 15.1. The van der Waals surface area contributed by atoms with Gasteiger partial charge >= 0.3 is 0 Å². The zero-order valence-corrected chi connectivity index (χ0v) is 18.7. The number of pyridine rings is 2. The van der Waals surface area contributed by atoms with Gasteiger partial charge in [0.2, 0.25) is 0 Å². The van der Waals surface area contributed by atoms with Crippen LogP contribution in [0.5, 0.6) is 0 Å². The van der Waals surface area contributed by atoms with Crippen LogP contribution >= 0.6 is 11.6 Å². The molecular weight excluding hydrogens is 408 g/mol. The van der Waals surface area contributed by atoms with Crippen molar-refractivity contribution < 1.29 is 0 Å². The molecule has 1 aliphatic carbocycles. The molecule has 2 aliphatic heterocycles. The molecule has 3 fully saturated rings. The summed E-state index contributed by atoms with van der Waals surface area (Å²) in [4.78, 5) is 14.6. The molecule has 1 spiro atoms. The summed E-state index contributed by atoms with van der Waals surface area (Å²) in [5.41, 5.74) is 3.50. The molecule has 1 N–H and O–H groups in total. The Morgan fingerprint density at radius 1 is 1.13 bits per heavy atom. The quantitative estimate of drug-likeness (QED) is 0.666. The molecule has 1 saturated carbocycles. The van der Waals surface area contributed by atoms with E-state index in [1.54, 1.807) is 0 Å². The molecule has 162 valence electrons. The lowest BCUT2D eigenvalue weighted by atomic mass is 9.92. The number of nitrogens with one attached hydrogen (secondary N) is 1. The highest BCUT2D eigenvalue weighted by Crippen LogP contribution is 2.42. The number of hydrogen-bond donors (Lipinski definition) is 1. The normalized spacial score (nSPS) is 25.9. The third kappa shape index (κ3) is 3.41. The predicted molar refractivity (Wildman–Crippen MR) is 124 cm³/mol. The van der Waals surface area contributed by atoms with Gasteiger partial charge in [-0.3, -0.25) is 14.3 Å². The molecule has 3 aliphatic rings. The lowest BCUT2D eigenvalue weighted by Crippen LogP contribution is -2.53. The van der Waals surface area contributed by atoms with E-state index in [4.69, 9.17) is 16.6 Å². The van der Waals surface area contributed by atoms with Gasteiger partial charge in [-0.05, 0) is 63.4 Å². The maximum Gasteiger partial charge on any atom is 0.138 e. The minimum absolute atomic E-state index is 0.222. The van der Waals surface area contributed by atoms with Crippen LogP contribution in [-0.2, 0) is 0 Å². The standard InChI is InChI=1S/C24H29ClN6/c1-29-19(6-2-7-20(29)23-17(25)5-4-12-26-23)18-15-31-21(28-18)8-3-9-22(31)30-14-13-27-24(16-30)10-11-24/h3-5,8-9,12,15,19-20,27H,2,6-7,10-11,13-14,16H2,1H3/t19-,20+/m1/s1. The second-order valence-electron chi connectivity index (χ2n) is 9.41. The van der Waals surface area contributed by atoms with Crippen molar-refractivity contribution in [2.75, 3.05) is 31.6 Å². The zero-order chi connectivity index (χ0) is 21.0. The fourth-order valence-corrected chi connectivity index (χ4v) is 5.78. The molecule has 3 aromatic heterocycles. The first kappa shape index (κ1) is 19.5. The minimum Gasteiger partial charge on any atom is -0.355 e. The van der Waals surface area contributed by atoms with Crippen molar-refractivity contribution in [3.8, 4) is 0 Å². The Balaban J connectivity index is 1.32. The molecule has 2 saturated heterocycles. The third-order valence-electron chi connectivity index (χ3n) is 7.42. The Hall–Kier alpha value is -2.15. The molecule has 0 aromatic carbocycles. The summed E-state index contributed by atoms with van der Waals surface area (Å²) in [6, 6.07) is 10.8. The van der Waals surface area contributed by atoms with Crippen LogP contribution in [0.3, 0.4) is 0 Å². The van der Waals surface area contributed by atoms with E-state index in [1.165, 1.54) is 18.7 Å². The SMILES string of the molecule is CN1[C@@H](c2cn3c(N4CCNC5(CC5)C4)cccc3n2)CCC[C@H]1c1ncccc1Cl. The van der Waals surface area contributed by atoms with Crippen LogP contribution in [0.2, 0.25) is 5.02 Å². The van der Waals surface area contributed by atoms with E-state index in [9.17, 15) is 0 Å². The molecule has 0 amide bonds. The molecule has 0 radical (unpaired) electrons. The third-order valence-corrected chi connectivity index (χ3v) is 7.74. The number of anilines is 1. The van der Waals surface area contributed by atoms with Crippen molar-refractivity contribution in [1.29, 1.82) is 0 Å². The van der Waals surface area contributed by atoms with Crippen molar-refractivity contribution in [2.45, 2.75) is 49.7 Å². The molecular formula is C24H29ClN6. The van der Waals surface area contributed by atoms with Crippen LogP contribution in [0.4, 0.5) is 5.82 Å². The van der Waals surface area contributed by atoms with E-state index in [0.29, 0.717) is 5.54 Å². The molecule has 6 rings (SSSR count). The van der Waals surface area contributed by atoms with Gasteiger partial charge in [0.1, 0.15) is 11.5 Å². The summed E-state index contributed by atoms with van der Waals surface area (Å²) in [6.45, 7) is 3.18. The topological polar surface area (TPSA) is 48.7 Å². The summed E-state index contributed by atoms with van der Waals surface area (Å²) >= 11 is 6.50. The molecule has 0 unspecified atom stereocenters. The fraction of sp³-hybridized carbons (Fsp3) is 0.500. The Kier molecular flexibility index (Phi) is 4.70. The van der Waals surface area contributed by atoms with Gasteiger partial charge in [-0.25, -0.2) is 4.98 Å². The highest BCUT2D eigenvalue weighted by molar-refractivity contribution is 6.31. The molecule has 31 heavy (non-hydrogen) atoms. The number of halogens is 1. The maximum atomic E-state index is 6.50. The first-order valence-electron chi connectivity index (χ1n) is 11.4. The van der Waals surface area contributed by atoms with Gasteiger partial charge in [-0.1, -0.05) is 17.7 Å². The Morgan fingerprint density at radius 3 is 2.84 bits per heavy atom. The summed E-state index contributed by atoms with van der Waals surface area (Å²) in [7, 11) is 2.19. The van der Waals surface area contributed by atoms with Crippen molar-refractivity contribution >= 4 is 23.1 Å². The number of aromatic nitrogens is 3. The van der Waals surface area contributed by atoms with Crippen LogP contribution < -0.4 is 10.2 Å². The van der Waals surface area contributed by atoms with Crippen molar-refractivity contribution in [3.63, 3.8) is 0 Å². The second kappa shape index (κ2) is 7.47. The predicted octanol–water partition coefficient (Wildman–Crippen LogP) is 4.22. The van der Waals surface area contributed by atoms with E-state index in [0.717, 1.165) is 61.0 Å². The number of fused-ring (bicyclic) bond motifs is 1. The van der Waals surface area contributed by atoms with E-state index in [2.05, 4.69) is 55.9 Å². The van der Waals surface area contributed by atoms with Gasteiger partial charge in [-0.2, -0.15) is 0 Å². The largest absolute Gasteiger partial charge is 0.355 e. The van der Waals surface area contributed by atoms with Crippen LogP contribution in [0.15, 0.2) is 42.7 Å². The summed E-state index contributed by atoms with van der Waals surface area (Å²) in [6.07, 6.45) is 10.0. The molecule has 0 bridgehead atoms. The molecule has 5 heterocycles. The van der Waals surface area contributed by atoms with Gasteiger partial charge in [0.15, 0.2) is 0 Å². The molecule has 2 atom stereocenters. The zero-order valence-electron chi connectivity index (χ0n) is 18.0. The van der Waals surface area contributed by atoms with E-state index in [-0.39, 0.29) is 12.1 Å². The first-order valence-corrected chi connectivity index (χ1v) is 11.8. The van der Waals surface area contributed by atoms with Gasteiger partial charge in [-0.15, -0.1) is 0 Å². The van der Waals surface area contributed by atoms with E-state index >= 15 is 0 Å². The number of imidazole rings is 1. The smallest absolute Gasteiger partial charge is 0.138 e. The van der Waals surface area contributed by atoms with Gasteiger partial charge in [0.25, 0.3) is 0 Å². The average Bonchev–Trinajstić information content (AvgIpc) is 3.37. The summed E-state index contributed by atoms with van der Waals surface area (Å²) in [5.74, 6) is 1.26. The Labute approximate surface area is 188 Å². The van der Waals surface area contributed by atoms with E-state index < -0.39 is 0 Å². The number of rotatable bonds is 3. The van der Waals surface area contributed by atoms with E-state index in [1.807, 2.05) is 18.3 Å². The Morgan fingerprint density at radius 2 is 2.00 bits per heavy atom. The minimum atomic E-state index is 0.222. The number of hydrogen-bond acceptors (Lipinski definition) is 5. The number of nitrogens with zero attached hydrogens (tertiary/aromatic N) is 5. The van der Waals surface area contributed by atoms with Crippen LogP contribution in [0.25, 0.3) is 5.65 Å². The Bertz CT molecular complexity index is 1110. The average molecular weight is 437 g/mol. The van der Waals surface area contributed by atoms with Gasteiger partial charge in [0.05, 0.1) is 28.5 Å². The van der Waals surface area contributed by atoms with Gasteiger partial charge < -0.3 is 10.2 Å². The summed E-state index contributed by atoms with van der Waals surface area (Å²) in [5, 5.41) is 4.47. The van der Waals surface area contributed by atoms with Crippen molar-refractivity contribution in [2.24, 2.45) is 0 Å². The summed E-state index contributed by atoms with van der Waals surface area (Å²) < 4.78 is 2.29. The number of piperidine rings is 1. The highest BCUT2D eigenvalue weighted by Gasteiger charge is 2.45. The van der Waals surface area contributed by atoms with Crippen LogP contribution in [0, 0.1) is 0 Å². The van der Waals surface area contributed by atoms with Crippen molar-refractivity contribution in [1.82, 2.24) is 24.6 Å². The lowest BCUT2D eigenvalue weighted by Gasteiger charge is -2.38. The number of piperazine rings is 1.